The second-order valence-corrected chi connectivity index (χ2v) is 7.28. The van der Waals surface area contributed by atoms with Gasteiger partial charge in [-0.2, -0.15) is 5.10 Å². The molecule has 7 heteroatoms. The highest BCUT2D eigenvalue weighted by atomic mass is 19.1. The molecule has 28 heavy (non-hydrogen) atoms. The van der Waals surface area contributed by atoms with E-state index < -0.39 is 0 Å². The molecule has 0 saturated carbocycles. The fraction of sp³-hybridized carbons (Fsp3) is 0.381. The molecule has 148 valence electrons. The average Bonchev–Trinajstić information content (AvgIpc) is 3.06. The Kier molecular flexibility index (Phi) is 6.36. The van der Waals surface area contributed by atoms with Gasteiger partial charge in [-0.3, -0.25) is 4.68 Å². The van der Waals surface area contributed by atoms with Crippen LogP contribution in [0, 0.1) is 11.7 Å². The normalized spacial score (nSPS) is 12.4. The van der Waals surface area contributed by atoms with Gasteiger partial charge in [-0.1, -0.05) is 13.8 Å². The summed E-state index contributed by atoms with van der Waals surface area (Å²) in [5, 5.41) is 7.97. The molecule has 3 rings (SSSR count). The number of methoxy groups -OCH3 is 1. The molecule has 0 radical (unpaired) electrons. The fourth-order valence-corrected chi connectivity index (χ4v) is 2.99. The zero-order valence-electron chi connectivity index (χ0n) is 16.7. The highest BCUT2D eigenvalue weighted by molar-refractivity contribution is 5.78. The van der Waals surface area contributed by atoms with Crippen molar-refractivity contribution >= 4 is 5.95 Å². The number of nitrogens with one attached hydrogen (secondary N) is 1. The average molecular weight is 383 g/mol. The molecule has 1 atom stereocenters. The van der Waals surface area contributed by atoms with Crippen molar-refractivity contribution in [3.63, 3.8) is 0 Å². The lowest BCUT2D eigenvalue weighted by Gasteiger charge is -2.13. The number of nitrogens with zero attached hydrogens (tertiary/aromatic N) is 4. The molecule has 1 unspecified atom stereocenters. The van der Waals surface area contributed by atoms with E-state index >= 15 is 0 Å². The van der Waals surface area contributed by atoms with Gasteiger partial charge in [0.15, 0.2) is 0 Å². The van der Waals surface area contributed by atoms with Crippen LogP contribution in [0.15, 0.2) is 42.7 Å². The van der Waals surface area contributed by atoms with Crippen molar-refractivity contribution in [2.45, 2.75) is 33.4 Å². The largest absolute Gasteiger partial charge is 0.383 e. The van der Waals surface area contributed by atoms with Crippen LogP contribution in [0.2, 0.25) is 0 Å². The van der Waals surface area contributed by atoms with Crippen LogP contribution < -0.4 is 5.32 Å². The van der Waals surface area contributed by atoms with Crippen LogP contribution >= 0.6 is 0 Å². The highest BCUT2D eigenvalue weighted by Gasteiger charge is 2.16. The Morgan fingerprint density at radius 1 is 1.14 bits per heavy atom. The first kappa shape index (κ1) is 19.9. The van der Waals surface area contributed by atoms with Crippen molar-refractivity contribution in [1.29, 1.82) is 0 Å². The smallest absolute Gasteiger partial charge is 0.223 e. The summed E-state index contributed by atoms with van der Waals surface area (Å²) in [6.07, 6.45) is 3.71. The standard InChI is InChI=1S/C21H26FN5O/c1-14(2)11-27-12-18(20(26-27)16-5-7-17(22)8-6-16)19-9-10-23-21(25-19)24-15(3)13-28-4/h5-10,12,14-15H,11,13H2,1-4H3,(H,23,24,25). The lowest BCUT2D eigenvalue weighted by molar-refractivity contribution is 0.190. The Bertz CT molecular complexity index is 907. The maximum absolute atomic E-state index is 13.4. The van der Waals surface area contributed by atoms with Gasteiger partial charge >= 0.3 is 0 Å². The maximum Gasteiger partial charge on any atom is 0.223 e. The predicted molar refractivity (Wildman–Crippen MR) is 108 cm³/mol. The molecular formula is C21H26FN5O. The Labute approximate surface area is 164 Å². The maximum atomic E-state index is 13.4. The van der Waals surface area contributed by atoms with Gasteiger partial charge in [-0.25, -0.2) is 14.4 Å². The summed E-state index contributed by atoms with van der Waals surface area (Å²) >= 11 is 0. The molecule has 1 aromatic carbocycles. The van der Waals surface area contributed by atoms with E-state index in [9.17, 15) is 4.39 Å². The number of benzene rings is 1. The van der Waals surface area contributed by atoms with Crippen LogP contribution in [0.3, 0.4) is 0 Å². The van der Waals surface area contributed by atoms with Crippen molar-refractivity contribution in [2.24, 2.45) is 5.92 Å². The lowest BCUT2D eigenvalue weighted by atomic mass is 10.1. The SMILES string of the molecule is COCC(C)Nc1nccc(-c2cn(CC(C)C)nc2-c2ccc(F)cc2)n1. The molecule has 0 amide bonds. The van der Waals surface area contributed by atoms with E-state index in [1.54, 1.807) is 25.4 Å². The molecule has 2 aromatic heterocycles. The van der Waals surface area contributed by atoms with Gasteiger partial charge in [-0.15, -0.1) is 0 Å². The van der Waals surface area contributed by atoms with E-state index in [0.717, 1.165) is 29.1 Å². The molecule has 0 aliphatic rings. The lowest BCUT2D eigenvalue weighted by Crippen LogP contribution is -2.22. The molecule has 0 aliphatic heterocycles. The first-order chi connectivity index (χ1) is 13.5. The summed E-state index contributed by atoms with van der Waals surface area (Å²) in [7, 11) is 1.66. The Balaban J connectivity index is 2.00. The summed E-state index contributed by atoms with van der Waals surface area (Å²) in [5.74, 6) is 0.711. The van der Waals surface area contributed by atoms with E-state index in [1.165, 1.54) is 12.1 Å². The van der Waals surface area contributed by atoms with E-state index in [0.29, 0.717) is 18.5 Å². The number of anilines is 1. The summed E-state index contributed by atoms with van der Waals surface area (Å²) in [6, 6.07) is 8.31. The summed E-state index contributed by atoms with van der Waals surface area (Å²) < 4.78 is 20.4. The Morgan fingerprint density at radius 2 is 1.89 bits per heavy atom. The topological polar surface area (TPSA) is 64.9 Å². The minimum atomic E-state index is -0.271. The predicted octanol–water partition coefficient (Wildman–Crippen LogP) is 4.25. The Hall–Kier alpha value is -2.80. The third-order valence-corrected chi connectivity index (χ3v) is 4.16. The van der Waals surface area contributed by atoms with E-state index in [2.05, 4.69) is 29.1 Å². The fourth-order valence-electron chi connectivity index (χ4n) is 2.99. The molecule has 1 N–H and O–H groups in total. The van der Waals surface area contributed by atoms with E-state index in [-0.39, 0.29) is 11.9 Å². The molecular weight excluding hydrogens is 357 g/mol. The molecule has 3 aromatic rings. The molecule has 0 bridgehead atoms. The molecule has 0 saturated heterocycles. The number of rotatable bonds is 8. The summed E-state index contributed by atoms with van der Waals surface area (Å²) in [4.78, 5) is 8.96. The molecule has 2 heterocycles. The van der Waals surface area contributed by atoms with Crippen molar-refractivity contribution < 1.29 is 9.13 Å². The molecule has 0 fully saturated rings. The third kappa shape index (κ3) is 4.92. The van der Waals surface area contributed by atoms with Crippen molar-refractivity contribution in [3.05, 3.63) is 48.5 Å². The van der Waals surface area contributed by atoms with Gasteiger partial charge in [0.2, 0.25) is 5.95 Å². The number of aromatic nitrogens is 4. The van der Waals surface area contributed by atoms with Crippen LogP contribution in [0.25, 0.3) is 22.5 Å². The van der Waals surface area contributed by atoms with Gasteiger partial charge in [-0.05, 0) is 43.2 Å². The quantitative estimate of drug-likeness (QED) is 0.630. The first-order valence-electron chi connectivity index (χ1n) is 9.38. The highest BCUT2D eigenvalue weighted by Crippen LogP contribution is 2.30. The van der Waals surface area contributed by atoms with Gasteiger partial charge in [0.25, 0.3) is 0 Å². The van der Waals surface area contributed by atoms with Gasteiger partial charge < -0.3 is 10.1 Å². The van der Waals surface area contributed by atoms with Gasteiger partial charge in [0.1, 0.15) is 11.5 Å². The van der Waals surface area contributed by atoms with Crippen LogP contribution in [-0.4, -0.2) is 39.5 Å². The van der Waals surface area contributed by atoms with Crippen molar-refractivity contribution in [3.8, 4) is 22.5 Å². The zero-order valence-corrected chi connectivity index (χ0v) is 16.7. The van der Waals surface area contributed by atoms with Crippen LogP contribution in [-0.2, 0) is 11.3 Å². The monoisotopic (exact) mass is 383 g/mol. The number of ether oxygens (including phenoxy) is 1. The molecule has 0 spiro atoms. The number of hydrogen-bond donors (Lipinski definition) is 1. The van der Waals surface area contributed by atoms with E-state index in [1.807, 2.05) is 23.9 Å². The summed E-state index contributed by atoms with van der Waals surface area (Å²) in [5.41, 5.74) is 3.27. The minimum absolute atomic E-state index is 0.0838. The van der Waals surface area contributed by atoms with Crippen LogP contribution in [0.4, 0.5) is 10.3 Å². The first-order valence-corrected chi connectivity index (χ1v) is 9.38. The Morgan fingerprint density at radius 3 is 2.57 bits per heavy atom. The zero-order chi connectivity index (χ0) is 20.1. The van der Waals surface area contributed by atoms with Gasteiger partial charge in [0.05, 0.1) is 12.3 Å². The van der Waals surface area contributed by atoms with E-state index in [4.69, 9.17) is 9.84 Å². The van der Waals surface area contributed by atoms with Gasteiger partial charge in [0, 0.05) is 43.2 Å². The second-order valence-electron chi connectivity index (χ2n) is 7.28. The third-order valence-electron chi connectivity index (χ3n) is 4.16. The minimum Gasteiger partial charge on any atom is -0.383 e. The molecule has 6 nitrogen and oxygen atoms in total. The van der Waals surface area contributed by atoms with Crippen molar-refractivity contribution in [1.82, 2.24) is 19.7 Å². The second kappa shape index (κ2) is 8.93. The molecule has 0 aliphatic carbocycles. The van der Waals surface area contributed by atoms with Crippen LogP contribution in [0.1, 0.15) is 20.8 Å². The number of hydrogen-bond acceptors (Lipinski definition) is 5. The van der Waals surface area contributed by atoms with Crippen molar-refractivity contribution in [2.75, 3.05) is 19.0 Å². The number of halogens is 1. The van der Waals surface area contributed by atoms with Crippen LogP contribution in [0.5, 0.6) is 0 Å². The summed E-state index contributed by atoms with van der Waals surface area (Å²) in [6.45, 7) is 7.63.